The number of hydrogen-bond donors (Lipinski definition) is 12. The van der Waals surface area contributed by atoms with Crippen molar-refractivity contribution < 1.29 is 54.5 Å². The highest BCUT2D eigenvalue weighted by Gasteiger charge is 2.66. The second-order valence-corrected chi connectivity index (χ2v) is 38.4. The first-order chi connectivity index (χ1) is 69.9. The van der Waals surface area contributed by atoms with Gasteiger partial charge in [0.05, 0.1) is 51.8 Å². The number of anilines is 1. The highest BCUT2D eigenvalue weighted by atomic mass is 19.3. The maximum absolute atomic E-state index is 13.6. The van der Waals surface area contributed by atoms with Crippen LogP contribution in [0.4, 0.5) is 36.4 Å². The number of pyridine rings is 1. The van der Waals surface area contributed by atoms with Crippen LogP contribution in [-0.4, -0.2) is 169 Å². The van der Waals surface area contributed by atoms with Crippen molar-refractivity contribution in [3.05, 3.63) is 277 Å². The number of alkyl halides is 4. The zero-order valence-corrected chi connectivity index (χ0v) is 81.3. The van der Waals surface area contributed by atoms with E-state index in [4.69, 9.17) is 4.74 Å². The molecule has 0 fully saturated rings. The van der Waals surface area contributed by atoms with Crippen LogP contribution in [0.25, 0.3) is 168 Å². The fourth-order valence-corrected chi connectivity index (χ4v) is 16.2. The summed E-state index contributed by atoms with van der Waals surface area (Å²) in [5.41, 5.74) is 16.9. The lowest BCUT2D eigenvalue weighted by Crippen LogP contribution is -2.52. The molecule has 12 N–H and O–H groups in total. The van der Waals surface area contributed by atoms with E-state index >= 15 is 0 Å². The number of nitrogens with zero attached hydrogens (tertiary/aromatic N) is 16. The molecule has 1 aliphatic heterocycles. The number of ether oxygens (including phenoxy) is 3. The molecule has 0 atom stereocenters. The molecular weight excluding hydrogens is 1880 g/mol. The maximum atomic E-state index is 13.6. The number of H-pyrrole nitrogens is 10. The fraction of sp³-hybridized carbons (Fsp3) is 0.226. The van der Waals surface area contributed by atoms with E-state index < -0.39 is 41.3 Å². The van der Waals surface area contributed by atoms with Crippen molar-refractivity contribution in [1.29, 1.82) is 0 Å². The van der Waals surface area contributed by atoms with Gasteiger partial charge in [-0.2, -0.15) is 68.5 Å². The van der Waals surface area contributed by atoms with E-state index in [0.717, 1.165) is 189 Å². The zero-order chi connectivity index (χ0) is 103. The van der Waals surface area contributed by atoms with Crippen LogP contribution in [0.15, 0.2) is 225 Å². The molecule has 1 aliphatic rings. The SMILES string of the molecule is CC(C)(C)Cc1nc(-c2ccc3[nH]nc(-c4ccc(F)cc4)c3c2)n[nH]1.CC(C)Cc1nc(-c2ccc3[nH]nc(-c4ccc(F)c(F)c4)c3c2)n[nH]1.CC(C)Cc1nc(-c2ccc3[nH]nc(-c4cccc(C(=O)NC(C)(C)C)c4)c3c2)n[nH]1.COc1ccc(-c2n[nH]c3ccc(-c4n[nH]c(CC(C)C)n4)cc23)cn1.O=C(Nc1ccc2c(c1)OC(F)(F)C(F)(F)O2)c1cccc(-c2n[nH]c3ccc(-c4ncn[nH]4)cc23)c1. The smallest absolute Gasteiger partial charge is 0.481 e. The molecule has 0 saturated heterocycles. The molecule has 12 heterocycles. The number of halogens is 7. The number of amides is 2. The normalized spacial score (nSPS) is 12.7. The fourth-order valence-electron chi connectivity index (χ4n) is 16.2. The Labute approximate surface area is 828 Å². The Balaban J connectivity index is 0.000000121. The number of fused-ring (bicyclic) bond motifs is 6. The molecule has 33 nitrogen and oxygen atoms in total. The summed E-state index contributed by atoms with van der Waals surface area (Å²) < 4.78 is 107. The Morgan fingerprint density at radius 3 is 1.18 bits per heavy atom. The van der Waals surface area contributed by atoms with Crippen molar-refractivity contribution in [3.8, 4) is 131 Å². The predicted octanol–water partition coefficient (Wildman–Crippen LogP) is 22.8. The number of rotatable bonds is 21. The summed E-state index contributed by atoms with van der Waals surface area (Å²) in [5.74, 6) is 4.87. The lowest BCUT2D eigenvalue weighted by molar-refractivity contribution is -0.391. The number of methoxy groups -OCH3 is 1. The number of hydrogen-bond acceptors (Lipinski definition) is 21. The van der Waals surface area contributed by atoms with Crippen LogP contribution in [0.1, 0.15) is 127 Å². The molecule has 21 aromatic rings. The molecule has 0 saturated carbocycles. The molecule has 0 unspecified atom stereocenters. The molecular formula is C106H99F7N28O5. The lowest BCUT2D eigenvalue weighted by atomic mass is 9.92. The number of aromatic amines is 10. The molecule has 11 aromatic heterocycles. The summed E-state index contributed by atoms with van der Waals surface area (Å²) in [6.45, 7) is 25.3. The van der Waals surface area contributed by atoms with Gasteiger partial charge in [0.1, 0.15) is 46.8 Å². The third-order valence-electron chi connectivity index (χ3n) is 23.0. The third kappa shape index (κ3) is 22.6. The van der Waals surface area contributed by atoms with E-state index in [1.807, 2.05) is 142 Å². The summed E-state index contributed by atoms with van der Waals surface area (Å²) in [5, 5.41) is 83.2. The van der Waals surface area contributed by atoms with Crippen molar-refractivity contribution in [2.24, 2.45) is 23.2 Å². The Morgan fingerprint density at radius 1 is 0.377 bits per heavy atom. The van der Waals surface area contributed by atoms with Crippen LogP contribution in [0.2, 0.25) is 0 Å². The maximum Gasteiger partial charge on any atom is 0.507 e. The predicted molar refractivity (Wildman–Crippen MR) is 540 cm³/mol. The number of benzene rings is 10. The number of aromatic nitrogens is 26. The van der Waals surface area contributed by atoms with E-state index in [9.17, 15) is 40.3 Å². The molecule has 742 valence electrons. The van der Waals surface area contributed by atoms with Crippen molar-refractivity contribution in [2.75, 3.05) is 12.4 Å². The Morgan fingerprint density at radius 2 is 0.767 bits per heavy atom. The second kappa shape index (κ2) is 41.1. The molecule has 146 heavy (non-hydrogen) atoms. The van der Waals surface area contributed by atoms with Crippen LogP contribution in [0.5, 0.6) is 17.4 Å². The Kier molecular flexibility index (Phi) is 27.7. The van der Waals surface area contributed by atoms with Crippen molar-refractivity contribution >= 4 is 72.0 Å². The van der Waals surface area contributed by atoms with Crippen molar-refractivity contribution in [2.45, 2.75) is 127 Å². The van der Waals surface area contributed by atoms with E-state index in [-0.39, 0.29) is 33.9 Å². The quantitative estimate of drug-likeness (QED) is 0.0297. The summed E-state index contributed by atoms with van der Waals surface area (Å²) in [6, 6.07) is 60.5. The molecule has 0 bridgehead atoms. The van der Waals surface area contributed by atoms with Gasteiger partial charge in [-0.3, -0.25) is 60.6 Å². The van der Waals surface area contributed by atoms with Gasteiger partial charge in [0.2, 0.25) is 5.88 Å². The van der Waals surface area contributed by atoms with Gasteiger partial charge in [0.15, 0.2) is 52.3 Å². The van der Waals surface area contributed by atoms with Gasteiger partial charge in [-0.25, -0.2) is 43.1 Å². The monoisotopic (exact) mass is 1980 g/mol. The first-order valence-corrected chi connectivity index (χ1v) is 46.7. The highest BCUT2D eigenvalue weighted by Crippen LogP contribution is 2.48. The molecule has 0 spiro atoms. The number of carbonyl (C=O) groups is 2. The minimum absolute atomic E-state index is 0.0423. The lowest BCUT2D eigenvalue weighted by Gasteiger charge is -2.31. The van der Waals surface area contributed by atoms with Crippen LogP contribution in [0.3, 0.4) is 0 Å². The van der Waals surface area contributed by atoms with Crippen LogP contribution < -0.4 is 24.8 Å². The molecule has 2 amide bonds. The van der Waals surface area contributed by atoms with Gasteiger partial charge < -0.3 is 24.8 Å². The van der Waals surface area contributed by atoms with Gasteiger partial charge >= 0.3 is 12.2 Å². The van der Waals surface area contributed by atoms with Crippen LogP contribution >= 0.6 is 0 Å². The summed E-state index contributed by atoms with van der Waals surface area (Å²) in [6.07, 6.45) is -3.14. The van der Waals surface area contributed by atoms with Gasteiger partial charge in [-0.15, -0.1) is 0 Å². The van der Waals surface area contributed by atoms with E-state index in [1.54, 1.807) is 49.7 Å². The molecule has 10 aromatic carbocycles. The van der Waals surface area contributed by atoms with Crippen LogP contribution in [0, 0.1) is 40.6 Å². The van der Waals surface area contributed by atoms with Gasteiger partial charge in [-0.1, -0.05) is 86.6 Å². The molecule has 40 heteroatoms. The molecule has 0 radical (unpaired) electrons. The van der Waals surface area contributed by atoms with Gasteiger partial charge in [-0.05, 0) is 220 Å². The Hall–Kier alpha value is -17.8. The first-order valence-electron chi connectivity index (χ1n) is 46.7. The van der Waals surface area contributed by atoms with E-state index in [2.05, 4.69) is 220 Å². The van der Waals surface area contributed by atoms with Crippen LogP contribution in [-0.2, 0) is 25.7 Å². The summed E-state index contributed by atoms with van der Waals surface area (Å²) >= 11 is 0. The molecule has 0 aliphatic carbocycles. The summed E-state index contributed by atoms with van der Waals surface area (Å²) in [4.78, 5) is 52.3. The average Bonchev–Trinajstić information content (AvgIpc) is 1.33. The minimum Gasteiger partial charge on any atom is -0.481 e. The average molecular weight is 1980 g/mol. The first kappa shape index (κ1) is 98.4. The van der Waals surface area contributed by atoms with Gasteiger partial charge in [0, 0.05) is 149 Å². The third-order valence-corrected chi connectivity index (χ3v) is 23.0. The number of nitrogens with one attached hydrogen (secondary N) is 12. The minimum atomic E-state index is -4.86. The highest BCUT2D eigenvalue weighted by molar-refractivity contribution is 6.06. The largest absolute Gasteiger partial charge is 0.507 e. The van der Waals surface area contributed by atoms with Crippen molar-refractivity contribution in [3.63, 3.8) is 0 Å². The molecule has 22 rings (SSSR count). The zero-order valence-electron chi connectivity index (χ0n) is 81.3. The van der Waals surface area contributed by atoms with Gasteiger partial charge in [0.25, 0.3) is 11.8 Å². The topological polar surface area (TPSA) is 450 Å². The van der Waals surface area contributed by atoms with E-state index in [1.165, 1.54) is 30.6 Å². The van der Waals surface area contributed by atoms with Crippen molar-refractivity contribution in [1.82, 2.24) is 137 Å². The Bertz CT molecular complexity index is 8260. The summed E-state index contributed by atoms with van der Waals surface area (Å²) in [7, 11) is 1.60. The number of carbonyl (C=O) groups excluding carboxylic acids is 2. The van der Waals surface area contributed by atoms with E-state index in [0.29, 0.717) is 80.8 Å². The standard InChI is InChI=1S/C24H14F4N6O3.C24H28N6O.C20H20FN5.C19H17F2N5.C19H20N6O/c25-23(26)24(27,28)37-19-10-15(5-7-18(19)36-23)31-22(35)14-3-1-2-12(8-14)20-16-9-13(21-29-11-30-34-21)4-6-17(16)32-33-20;1-14(2)11-20-25-22(30-28-20)16-9-10-19-18(13-16)21(29-27-19)15-7-6-8-17(12-15)23(31)26-24(3,4)5;1-20(2,3)11-17-22-19(26-24-17)13-6-9-16-15(10-13)18(25-23-16)12-4-7-14(21)8-5-12;1-10(2)7-17-22-19(26-24-17)12-4-6-16-13(8-12)18(25-23-16)11-3-5-14(20)15(21)9-11;1-11(2)8-16-21-19(25-23-16)12-4-6-15-14(9-12)18(24-22-15)13-5-7-17(26-3)20-10-13/h1-11H,(H,31,35)(H,32,33)(H,29,30,34);6-10,12-14H,11H2,1-5H3,(H,26,31)(H,27,29)(H,25,28,30);4-10H,11H2,1-3H3,(H,23,25)(H,22,24,26);3-6,8-10H,7H2,1-2H3,(H,23,25)(H,22,24,26);4-7,9-11H,8H2,1-3H3,(H,22,24)(H,21,23,25). The second-order valence-electron chi connectivity index (χ2n) is 38.4.